The van der Waals surface area contributed by atoms with E-state index in [2.05, 4.69) is 0 Å². The molecule has 0 fully saturated rings. The predicted molar refractivity (Wildman–Crippen MR) is 126 cm³/mol. The van der Waals surface area contributed by atoms with E-state index in [1.807, 2.05) is 30.7 Å². The number of rotatable bonds is 9. The van der Waals surface area contributed by atoms with Crippen LogP contribution in [0.5, 0.6) is 11.5 Å². The van der Waals surface area contributed by atoms with Gasteiger partial charge in [0.1, 0.15) is 18.1 Å². The molecule has 3 aromatic rings. The number of aromatic hydroxyl groups is 1. The fraction of sp³-hybridized carbons (Fsp3) is 0.231. The van der Waals surface area contributed by atoms with Gasteiger partial charge in [-0.05, 0) is 88.7 Å². The number of allylic oxidation sites excluding steroid dienone is 1. The van der Waals surface area contributed by atoms with Gasteiger partial charge in [-0.2, -0.15) is 13.2 Å². The van der Waals surface area contributed by atoms with Crippen LogP contribution in [0.1, 0.15) is 48.4 Å². The Morgan fingerprint density at radius 1 is 1.00 bits per heavy atom. The first kappa shape index (κ1) is 24.5. The summed E-state index contributed by atoms with van der Waals surface area (Å²) in [7, 11) is 1.03. The van der Waals surface area contributed by atoms with Crippen LogP contribution < -0.4 is 4.74 Å². The molecular weight excluding hydrogens is 448 g/mol. The standard InChI is InChI=1S/C26H24F3O3P/c1-2-3-4-22(20-7-10-24(32-14-13-30)23(17-20)26(27,28)29)25(19-11-15-33-16-12-19)18-5-8-21(31)9-6-18/h5-13,15-17,31H,2-4,14H2,1H3/b25-22+. The van der Waals surface area contributed by atoms with Crippen LogP contribution in [0.15, 0.2) is 66.2 Å². The van der Waals surface area contributed by atoms with E-state index in [1.54, 1.807) is 30.3 Å². The molecule has 0 saturated heterocycles. The third-order valence-electron chi connectivity index (χ3n) is 5.15. The Labute approximate surface area is 192 Å². The number of carbonyl (C=O) groups excluding carboxylic acids is 1. The van der Waals surface area contributed by atoms with Crippen molar-refractivity contribution in [2.75, 3.05) is 6.61 Å². The number of aldehydes is 1. The molecular formula is C26H24F3O3P. The number of carbonyl (C=O) groups is 1. The van der Waals surface area contributed by atoms with E-state index in [1.165, 1.54) is 6.07 Å². The Kier molecular flexibility index (Phi) is 8.29. The number of halogens is 3. The average molecular weight is 472 g/mol. The predicted octanol–water partition coefficient (Wildman–Crippen LogP) is 7.72. The summed E-state index contributed by atoms with van der Waals surface area (Å²) in [5.41, 5.74) is 2.81. The summed E-state index contributed by atoms with van der Waals surface area (Å²) >= 11 is 0. The summed E-state index contributed by atoms with van der Waals surface area (Å²) < 4.78 is 46.6. The number of benzene rings is 2. The maximum absolute atomic E-state index is 13.9. The molecule has 0 unspecified atom stereocenters. The van der Waals surface area contributed by atoms with Gasteiger partial charge < -0.3 is 9.84 Å². The van der Waals surface area contributed by atoms with Gasteiger partial charge in [-0.1, -0.05) is 39.7 Å². The Hall–Kier alpha value is -3.11. The van der Waals surface area contributed by atoms with Gasteiger partial charge >= 0.3 is 6.18 Å². The molecule has 1 aromatic heterocycles. The van der Waals surface area contributed by atoms with Crippen molar-refractivity contribution in [3.8, 4) is 11.5 Å². The Morgan fingerprint density at radius 2 is 1.64 bits per heavy atom. The lowest BCUT2D eigenvalue weighted by atomic mass is 9.87. The zero-order valence-electron chi connectivity index (χ0n) is 18.1. The highest BCUT2D eigenvalue weighted by atomic mass is 31.0. The first-order valence-corrected chi connectivity index (χ1v) is 11.6. The second-order valence-electron chi connectivity index (χ2n) is 7.43. The highest BCUT2D eigenvalue weighted by Gasteiger charge is 2.35. The van der Waals surface area contributed by atoms with Crippen LogP contribution in [-0.4, -0.2) is 18.0 Å². The Bertz CT molecular complexity index is 1110. The molecule has 1 heterocycles. The molecule has 7 heteroatoms. The maximum atomic E-state index is 13.9. The van der Waals surface area contributed by atoms with E-state index in [9.17, 15) is 23.1 Å². The third kappa shape index (κ3) is 6.23. The SMILES string of the molecule is CCCC/C(=C(\c1ccpcc1)c1ccc(O)cc1)c1ccc(OCC=O)c(C(F)(F)F)c1. The summed E-state index contributed by atoms with van der Waals surface area (Å²) in [5.74, 6) is 3.70. The zero-order chi connectivity index (χ0) is 23.8. The monoisotopic (exact) mass is 472 g/mol. The number of ether oxygens (including phenoxy) is 1. The maximum Gasteiger partial charge on any atom is 0.419 e. The first-order chi connectivity index (χ1) is 15.8. The highest BCUT2D eigenvalue weighted by molar-refractivity contribution is 7.28. The summed E-state index contributed by atoms with van der Waals surface area (Å²) in [5, 5.41) is 9.76. The van der Waals surface area contributed by atoms with Crippen molar-refractivity contribution in [1.29, 1.82) is 0 Å². The van der Waals surface area contributed by atoms with E-state index in [0.717, 1.165) is 49.4 Å². The van der Waals surface area contributed by atoms with E-state index < -0.39 is 18.3 Å². The molecule has 3 rings (SSSR count). The molecule has 0 aliphatic heterocycles. The fourth-order valence-electron chi connectivity index (χ4n) is 3.62. The molecule has 0 aliphatic carbocycles. The number of hydrogen-bond acceptors (Lipinski definition) is 3. The molecule has 0 atom stereocenters. The minimum atomic E-state index is -4.64. The van der Waals surface area contributed by atoms with Gasteiger partial charge in [-0.3, -0.25) is 4.79 Å². The molecule has 1 N–H and O–H groups in total. The number of phenolic OH excluding ortho intramolecular Hbond substituents is 1. The zero-order valence-corrected chi connectivity index (χ0v) is 19.0. The quantitative estimate of drug-likeness (QED) is 0.256. The Balaban J connectivity index is 2.29. The van der Waals surface area contributed by atoms with E-state index in [0.29, 0.717) is 18.3 Å². The second kappa shape index (κ2) is 11.2. The van der Waals surface area contributed by atoms with Crippen LogP contribution in [0.2, 0.25) is 0 Å². The first-order valence-electron chi connectivity index (χ1n) is 10.6. The molecule has 2 aromatic carbocycles. The number of alkyl halides is 3. The van der Waals surface area contributed by atoms with E-state index in [4.69, 9.17) is 4.74 Å². The van der Waals surface area contributed by atoms with Crippen molar-refractivity contribution in [2.45, 2.75) is 32.4 Å². The van der Waals surface area contributed by atoms with Crippen molar-refractivity contribution in [2.24, 2.45) is 0 Å². The van der Waals surface area contributed by atoms with Crippen molar-refractivity contribution in [1.82, 2.24) is 0 Å². The molecule has 0 radical (unpaired) electrons. The summed E-state index contributed by atoms with van der Waals surface area (Å²) in [4.78, 5) is 10.6. The van der Waals surface area contributed by atoms with Gasteiger partial charge in [0.2, 0.25) is 0 Å². The molecule has 33 heavy (non-hydrogen) atoms. The Morgan fingerprint density at radius 3 is 2.24 bits per heavy atom. The van der Waals surface area contributed by atoms with Gasteiger partial charge in [0.05, 0.1) is 5.56 Å². The van der Waals surface area contributed by atoms with Crippen molar-refractivity contribution in [3.05, 3.63) is 88.4 Å². The van der Waals surface area contributed by atoms with Gasteiger partial charge in [0, 0.05) is 0 Å². The largest absolute Gasteiger partial charge is 0.508 e. The van der Waals surface area contributed by atoms with Gasteiger partial charge in [-0.15, -0.1) is 0 Å². The van der Waals surface area contributed by atoms with Crippen molar-refractivity contribution in [3.63, 3.8) is 0 Å². The van der Waals surface area contributed by atoms with Gasteiger partial charge in [-0.25, -0.2) is 0 Å². The third-order valence-corrected chi connectivity index (χ3v) is 5.79. The molecule has 0 spiro atoms. The minimum Gasteiger partial charge on any atom is -0.508 e. The minimum absolute atomic E-state index is 0.113. The molecule has 0 amide bonds. The summed E-state index contributed by atoms with van der Waals surface area (Å²) in [6.45, 7) is 1.58. The van der Waals surface area contributed by atoms with E-state index >= 15 is 0 Å². The summed E-state index contributed by atoms with van der Waals surface area (Å²) in [6, 6.07) is 14.6. The normalized spacial score (nSPS) is 12.2. The van der Waals surface area contributed by atoms with E-state index in [-0.39, 0.29) is 11.5 Å². The van der Waals surface area contributed by atoms with Crippen LogP contribution in [0.4, 0.5) is 13.2 Å². The number of phenols is 1. The molecule has 172 valence electrons. The van der Waals surface area contributed by atoms with Gasteiger partial charge in [0.25, 0.3) is 0 Å². The molecule has 0 bridgehead atoms. The number of unbranched alkanes of at least 4 members (excludes halogenated alkanes) is 1. The lowest BCUT2D eigenvalue weighted by molar-refractivity contribution is -0.139. The molecule has 0 aliphatic rings. The second-order valence-corrected chi connectivity index (χ2v) is 8.32. The molecule has 0 saturated carbocycles. The van der Waals surface area contributed by atoms with Crippen LogP contribution in [0.3, 0.4) is 0 Å². The lowest BCUT2D eigenvalue weighted by Gasteiger charge is -2.20. The van der Waals surface area contributed by atoms with Crippen LogP contribution in [0, 0.1) is 0 Å². The number of hydrogen-bond donors (Lipinski definition) is 1. The van der Waals surface area contributed by atoms with Crippen molar-refractivity contribution >= 4 is 25.6 Å². The topological polar surface area (TPSA) is 46.5 Å². The van der Waals surface area contributed by atoms with Crippen molar-refractivity contribution < 1.29 is 27.8 Å². The smallest absolute Gasteiger partial charge is 0.419 e. The molecule has 3 nitrogen and oxygen atoms in total. The van der Waals surface area contributed by atoms with Crippen LogP contribution >= 0.6 is 8.19 Å². The van der Waals surface area contributed by atoms with Crippen LogP contribution in [-0.2, 0) is 11.0 Å². The van der Waals surface area contributed by atoms with Gasteiger partial charge in [0.15, 0.2) is 6.29 Å². The van der Waals surface area contributed by atoms with Crippen LogP contribution in [0.25, 0.3) is 11.1 Å². The average Bonchev–Trinajstić information content (AvgIpc) is 2.81. The highest BCUT2D eigenvalue weighted by Crippen LogP contribution is 2.41. The fourth-order valence-corrected chi connectivity index (χ4v) is 4.21. The lowest BCUT2D eigenvalue weighted by Crippen LogP contribution is -2.10. The summed E-state index contributed by atoms with van der Waals surface area (Å²) in [6.07, 6.45) is -1.98.